The number of benzene rings is 2. The first kappa shape index (κ1) is 18.8. The third kappa shape index (κ3) is 6.46. The molecule has 0 aliphatic carbocycles. The van der Waals surface area contributed by atoms with E-state index in [2.05, 4.69) is 16.1 Å². The minimum absolute atomic E-state index is 0.241. The smallest absolute Gasteiger partial charge is 0.251 e. The number of aryl methyl sites for hydroxylation is 2. The maximum atomic E-state index is 12.1. The Morgan fingerprint density at radius 2 is 1.64 bits per heavy atom. The molecule has 0 bridgehead atoms. The standard InChI is InChI=1S/C18H22N2O4S/c1-13-10-14(2)12-17(11-13)24-9-8-19-18(21)15-4-6-16(7-5-15)20-25(3,22)23/h4-7,10-12,20H,8-9H2,1-3H3,(H,19,21). The fourth-order valence-corrected chi connectivity index (χ4v) is 2.92. The van der Waals surface area contributed by atoms with Gasteiger partial charge in [0.2, 0.25) is 10.0 Å². The van der Waals surface area contributed by atoms with Crippen molar-refractivity contribution in [3.63, 3.8) is 0 Å². The Balaban J connectivity index is 1.82. The quantitative estimate of drug-likeness (QED) is 0.741. The number of amides is 1. The molecule has 0 radical (unpaired) electrons. The van der Waals surface area contributed by atoms with Crippen LogP contribution in [0, 0.1) is 13.8 Å². The summed E-state index contributed by atoms with van der Waals surface area (Å²) in [6.45, 7) is 4.74. The molecule has 0 saturated carbocycles. The van der Waals surface area contributed by atoms with Crippen LogP contribution in [0.1, 0.15) is 21.5 Å². The lowest BCUT2D eigenvalue weighted by atomic mass is 10.1. The minimum atomic E-state index is -3.33. The van der Waals surface area contributed by atoms with Crippen LogP contribution in [-0.4, -0.2) is 33.7 Å². The summed E-state index contributed by atoms with van der Waals surface area (Å²) in [7, 11) is -3.33. The van der Waals surface area contributed by atoms with Crippen LogP contribution in [0.2, 0.25) is 0 Å². The van der Waals surface area contributed by atoms with Crippen molar-refractivity contribution < 1.29 is 17.9 Å². The zero-order valence-electron chi connectivity index (χ0n) is 14.5. The van der Waals surface area contributed by atoms with Crippen molar-refractivity contribution in [3.8, 4) is 5.75 Å². The van der Waals surface area contributed by atoms with Crippen molar-refractivity contribution in [2.45, 2.75) is 13.8 Å². The van der Waals surface area contributed by atoms with E-state index >= 15 is 0 Å². The van der Waals surface area contributed by atoms with E-state index in [1.165, 1.54) is 0 Å². The molecule has 7 heteroatoms. The van der Waals surface area contributed by atoms with Gasteiger partial charge in [-0.3, -0.25) is 9.52 Å². The van der Waals surface area contributed by atoms with Gasteiger partial charge in [-0.1, -0.05) is 6.07 Å². The SMILES string of the molecule is Cc1cc(C)cc(OCCNC(=O)c2ccc(NS(C)(=O)=O)cc2)c1. The number of anilines is 1. The van der Waals surface area contributed by atoms with Crippen LogP contribution in [0.4, 0.5) is 5.69 Å². The molecule has 2 rings (SSSR count). The Morgan fingerprint density at radius 3 is 2.20 bits per heavy atom. The summed E-state index contributed by atoms with van der Waals surface area (Å²) in [5, 5.41) is 2.76. The number of rotatable bonds is 7. The number of nitrogens with one attached hydrogen (secondary N) is 2. The molecular weight excluding hydrogens is 340 g/mol. The maximum absolute atomic E-state index is 12.1. The van der Waals surface area contributed by atoms with E-state index in [-0.39, 0.29) is 5.91 Å². The van der Waals surface area contributed by atoms with E-state index in [1.807, 2.05) is 26.0 Å². The number of sulfonamides is 1. The Morgan fingerprint density at radius 1 is 1.04 bits per heavy atom. The van der Waals surface area contributed by atoms with Gasteiger partial charge in [0.05, 0.1) is 12.8 Å². The van der Waals surface area contributed by atoms with Crippen molar-refractivity contribution in [1.29, 1.82) is 0 Å². The van der Waals surface area contributed by atoms with E-state index < -0.39 is 10.0 Å². The summed E-state index contributed by atoms with van der Waals surface area (Å²) in [4.78, 5) is 12.1. The predicted molar refractivity (Wildman–Crippen MR) is 98.7 cm³/mol. The van der Waals surface area contributed by atoms with Crippen LogP contribution in [0.15, 0.2) is 42.5 Å². The van der Waals surface area contributed by atoms with Crippen LogP contribution in [0.3, 0.4) is 0 Å². The number of hydrogen-bond acceptors (Lipinski definition) is 4. The molecule has 6 nitrogen and oxygen atoms in total. The van der Waals surface area contributed by atoms with E-state index in [9.17, 15) is 13.2 Å². The average Bonchev–Trinajstić information content (AvgIpc) is 2.49. The molecule has 2 N–H and O–H groups in total. The zero-order chi connectivity index (χ0) is 18.4. The summed E-state index contributed by atoms with van der Waals surface area (Å²) in [6.07, 6.45) is 1.07. The van der Waals surface area contributed by atoms with Gasteiger partial charge in [-0.25, -0.2) is 8.42 Å². The highest BCUT2D eigenvalue weighted by molar-refractivity contribution is 7.92. The normalized spacial score (nSPS) is 11.0. The Bertz CT molecular complexity index is 826. The molecule has 2 aromatic rings. The Hall–Kier alpha value is -2.54. The van der Waals surface area contributed by atoms with E-state index in [4.69, 9.17) is 4.74 Å². The Labute approximate surface area is 148 Å². The van der Waals surface area contributed by atoms with Crippen LogP contribution < -0.4 is 14.8 Å². The van der Waals surface area contributed by atoms with Gasteiger partial charge in [0.1, 0.15) is 12.4 Å². The molecule has 134 valence electrons. The predicted octanol–water partition coefficient (Wildman–Crippen LogP) is 2.48. The fourth-order valence-electron chi connectivity index (χ4n) is 2.36. The highest BCUT2D eigenvalue weighted by atomic mass is 32.2. The second-order valence-corrected chi connectivity index (χ2v) is 7.63. The van der Waals surface area contributed by atoms with Gasteiger partial charge in [-0.15, -0.1) is 0 Å². The molecule has 0 heterocycles. The zero-order valence-corrected chi connectivity index (χ0v) is 15.3. The van der Waals surface area contributed by atoms with Crippen LogP contribution in [0.25, 0.3) is 0 Å². The summed E-state index contributed by atoms with van der Waals surface area (Å²) in [5.74, 6) is 0.540. The molecule has 2 aromatic carbocycles. The summed E-state index contributed by atoms with van der Waals surface area (Å²) >= 11 is 0. The van der Waals surface area contributed by atoms with Gasteiger partial charge in [0.15, 0.2) is 0 Å². The molecule has 0 atom stereocenters. The number of carbonyl (C=O) groups is 1. The fraction of sp³-hybridized carbons (Fsp3) is 0.278. The van der Waals surface area contributed by atoms with Crippen molar-refractivity contribution >= 4 is 21.6 Å². The monoisotopic (exact) mass is 362 g/mol. The van der Waals surface area contributed by atoms with Gasteiger partial charge in [0, 0.05) is 11.3 Å². The Kier molecular flexibility index (Phi) is 6.03. The molecule has 1 amide bonds. The molecule has 0 aliphatic rings. The summed E-state index contributed by atoms with van der Waals surface area (Å²) in [5.41, 5.74) is 3.12. The summed E-state index contributed by atoms with van der Waals surface area (Å²) in [6, 6.07) is 12.2. The molecular formula is C18H22N2O4S. The number of ether oxygens (including phenoxy) is 1. The van der Waals surface area contributed by atoms with Gasteiger partial charge >= 0.3 is 0 Å². The first-order chi connectivity index (χ1) is 11.7. The second kappa shape index (κ2) is 8.02. The lowest BCUT2D eigenvalue weighted by Gasteiger charge is -2.10. The maximum Gasteiger partial charge on any atom is 0.251 e. The van der Waals surface area contributed by atoms with E-state index in [1.54, 1.807) is 24.3 Å². The van der Waals surface area contributed by atoms with Gasteiger partial charge in [-0.05, 0) is 61.4 Å². The van der Waals surface area contributed by atoms with Crippen molar-refractivity contribution in [2.24, 2.45) is 0 Å². The average molecular weight is 362 g/mol. The lowest BCUT2D eigenvalue weighted by molar-refractivity contribution is 0.0947. The highest BCUT2D eigenvalue weighted by Gasteiger charge is 2.07. The topological polar surface area (TPSA) is 84.5 Å². The molecule has 0 saturated heterocycles. The van der Waals surface area contributed by atoms with Crippen molar-refractivity contribution in [1.82, 2.24) is 5.32 Å². The first-order valence-corrected chi connectivity index (χ1v) is 9.69. The van der Waals surface area contributed by atoms with Gasteiger partial charge in [0.25, 0.3) is 5.91 Å². The minimum Gasteiger partial charge on any atom is -0.492 e. The van der Waals surface area contributed by atoms with Crippen molar-refractivity contribution in [2.75, 3.05) is 24.1 Å². The van der Waals surface area contributed by atoms with E-state index in [0.717, 1.165) is 23.1 Å². The second-order valence-electron chi connectivity index (χ2n) is 5.88. The lowest BCUT2D eigenvalue weighted by Crippen LogP contribution is -2.28. The molecule has 0 fully saturated rings. The molecule has 0 aromatic heterocycles. The molecule has 0 aliphatic heterocycles. The van der Waals surface area contributed by atoms with Crippen LogP contribution in [-0.2, 0) is 10.0 Å². The molecule has 25 heavy (non-hydrogen) atoms. The third-order valence-corrected chi connectivity index (χ3v) is 3.91. The van der Waals surface area contributed by atoms with Crippen LogP contribution >= 0.6 is 0 Å². The van der Waals surface area contributed by atoms with Gasteiger partial charge in [-0.2, -0.15) is 0 Å². The van der Waals surface area contributed by atoms with Crippen molar-refractivity contribution in [3.05, 3.63) is 59.2 Å². The number of carbonyl (C=O) groups excluding carboxylic acids is 1. The number of hydrogen-bond donors (Lipinski definition) is 2. The molecule has 0 unspecified atom stereocenters. The third-order valence-electron chi connectivity index (χ3n) is 3.30. The van der Waals surface area contributed by atoms with E-state index in [0.29, 0.717) is 24.4 Å². The highest BCUT2D eigenvalue weighted by Crippen LogP contribution is 2.16. The largest absolute Gasteiger partial charge is 0.492 e. The van der Waals surface area contributed by atoms with Gasteiger partial charge < -0.3 is 10.1 Å². The summed E-state index contributed by atoms with van der Waals surface area (Å²) < 4.78 is 30.3. The van der Waals surface area contributed by atoms with Crippen LogP contribution in [0.5, 0.6) is 5.75 Å². The molecule has 0 spiro atoms. The first-order valence-electron chi connectivity index (χ1n) is 7.80.